The van der Waals surface area contributed by atoms with Crippen molar-refractivity contribution in [2.24, 2.45) is 5.41 Å². The van der Waals surface area contributed by atoms with E-state index >= 15 is 0 Å². The minimum atomic E-state index is 0.155. The molecular formula is C10H17ClN2. The highest BCUT2D eigenvalue weighted by molar-refractivity contribution is 6.29. The molecule has 0 aliphatic rings. The zero-order valence-corrected chi connectivity index (χ0v) is 9.12. The second kappa shape index (κ2) is 6.01. The van der Waals surface area contributed by atoms with E-state index < -0.39 is 0 Å². The molecule has 0 fully saturated rings. The average molecular weight is 201 g/mol. The van der Waals surface area contributed by atoms with Gasteiger partial charge >= 0.3 is 0 Å². The molecule has 1 N–H and O–H groups in total. The first-order valence-corrected chi connectivity index (χ1v) is 4.77. The lowest BCUT2D eigenvalue weighted by Crippen LogP contribution is -2.30. The number of rotatable bonds is 6. The van der Waals surface area contributed by atoms with Gasteiger partial charge in [0.05, 0.1) is 6.07 Å². The summed E-state index contributed by atoms with van der Waals surface area (Å²) in [5, 5.41) is 12.3. The number of nitrogens with zero attached hydrogens (tertiary/aromatic N) is 1. The summed E-state index contributed by atoms with van der Waals surface area (Å²) in [4.78, 5) is 0. The molecule has 0 rings (SSSR count). The summed E-state index contributed by atoms with van der Waals surface area (Å²) in [6.07, 6.45) is 1.52. The van der Waals surface area contributed by atoms with Crippen molar-refractivity contribution in [3.8, 4) is 6.07 Å². The van der Waals surface area contributed by atoms with E-state index in [0.717, 1.165) is 13.0 Å². The second-order valence-electron chi connectivity index (χ2n) is 3.94. The first-order valence-electron chi connectivity index (χ1n) is 4.39. The highest BCUT2D eigenvalue weighted by atomic mass is 35.5. The van der Waals surface area contributed by atoms with Crippen LogP contribution in [0, 0.1) is 16.7 Å². The Hall–Kier alpha value is -0.520. The third kappa shape index (κ3) is 7.83. The van der Waals surface area contributed by atoms with E-state index in [-0.39, 0.29) is 5.41 Å². The number of nitrogens with one attached hydrogen (secondary N) is 1. The average Bonchev–Trinajstić information content (AvgIpc) is 2.00. The van der Waals surface area contributed by atoms with E-state index in [4.69, 9.17) is 16.9 Å². The van der Waals surface area contributed by atoms with Gasteiger partial charge in [0, 0.05) is 24.5 Å². The molecule has 0 unspecified atom stereocenters. The molecule has 0 amide bonds. The fraction of sp³-hybridized carbons (Fsp3) is 0.700. The Balaban J connectivity index is 3.63. The first kappa shape index (κ1) is 12.5. The van der Waals surface area contributed by atoms with Crippen LogP contribution in [0.2, 0.25) is 0 Å². The largest absolute Gasteiger partial charge is 0.311 e. The van der Waals surface area contributed by atoms with Gasteiger partial charge in [-0.3, -0.25) is 0 Å². The standard InChI is InChI=1S/C10H17ClN2/c1-9(11)7-13-8-10(2,3)5-4-6-12/h13H,1,4-5,7-8H2,2-3H3. The molecule has 0 aliphatic carbocycles. The molecule has 13 heavy (non-hydrogen) atoms. The molecule has 0 radical (unpaired) electrons. The maximum atomic E-state index is 8.44. The molecule has 0 aromatic rings. The second-order valence-corrected chi connectivity index (χ2v) is 4.48. The van der Waals surface area contributed by atoms with Crippen LogP contribution in [0.4, 0.5) is 0 Å². The molecule has 0 bridgehead atoms. The highest BCUT2D eigenvalue weighted by Gasteiger charge is 2.16. The van der Waals surface area contributed by atoms with Gasteiger partial charge in [-0.05, 0) is 11.8 Å². The summed E-state index contributed by atoms with van der Waals surface area (Å²) in [5.41, 5.74) is 0.155. The molecule has 0 heterocycles. The molecule has 0 aliphatic heterocycles. The van der Waals surface area contributed by atoms with Crippen LogP contribution in [-0.4, -0.2) is 13.1 Å². The van der Waals surface area contributed by atoms with E-state index in [0.29, 0.717) is 18.0 Å². The summed E-state index contributed by atoms with van der Waals surface area (Å²) < 4.78 is 0. The fourth-order valence-electron chi connectivity index (χ4n) is 1.02. The fourth-order valence-corrected chi connectivity index (χ4v) is 1.11. The normalized spacial score (nSPS) is 10.9. The lowest BCUT2D eigenvalue weighted by molar-refractivity contribution is 0.323. The SMILES string of the molecule is C=C(Cl)CNCC(C)(C)CCC#N. The van der Waals surface area contributed by atoms with Crippen molar-refractivity contribution in [2.75, 3.05) is 13.1 Å². The minimum absolute atomic E-state index is 0.155. The Bertz CT molecular complexity index is 203. The lowest BCUT2D eigenvalue weighted by Gasteiger charge is -2.23. The van der Waals surface area contributed by atoms with Crippen LogP contribution in [-0.2, 0) is 0 Å². The number of nitriles is 1. The lowest BCUT2D eigenvalue weighted by atomic mass is 9.88. The third-order valence-corrected chi connectivity index (χ3v) is 1.97. The Labute approximate surface area is 85.6 Å². The van der Waals surface area contributed by atoms with Crippen molar-refractivity contribution in [1.29, 1.82) is 5.26 Å². The topological polar surface area (TPSA) is 35.8 Å². The smallest absolute Gasteiger partial charge is 0.0621 e. The minimum Gasteiger partial charge on any atom is -0.311 e. The van der Waals surface area contributed by atoms with Gasteiger partial charge in [-0.2, -0.15) is 5.26 Å². The summed E-state index contributed by atoms with van der Waals surface area (Å²) in [6, 6.07) is 2.15. The maximum absolute atomic E-state index is 8.44. The van der Waals surface area contributed by atoms with Gasteiger partial charge in [-0.15, -0.1) is 0 Å². The van der Waals surface area contributed by atoms with Gasteiger partial charge in [-0.25, -0.2) is 0 Å². The highest BCUT2D eigenvalue weighted by Crippen LogP contribution is 2.20. The Morgan fingerprint density at radius 3 is 2.69 bits per heavy atom. The molecule has 0 aromatic carbocycles. The van der Waals surface area contributed by atoms with Crippen molar-refractivity contribution in [3.63, 3.8) is 0 Å². The van der Waals surface area contributed by atoms with Gasteiger partial charge in [0.1, 0.15) is 0 Å². The van der Waals surface area contributed by atoms with Crippen LogP contribution >= 0.6 is 11.6 Å². The summed E-state index contributed by atoms with van der Waals surface area (Å²) in [5.74, 6) is 0. The maximum Gasteiger partial charge on any atom is 0.0621 e. The molecule has 2 nitrogen and oxygen atoms in total. The van der Waals surface area contributed by atoms with E-state index in [1.807, 2.05) is 0 Å². The van der Waals surface area contributed by atoms with Gasteiger partial charge < -0.3 is 5.32 Å². The predicted octanol–water partition coefficient (Wildman–Crippen LogP) is 2.66. The molecule has 0 saturated heterocycles. The van der Waals surface area contributed by atoms with Gasteiger partial charge in [0.25, 0.3) is 0 Å². The number of hydrogen-bond acceptors (Lipinski definition) is 2. The van der Waals surface area contributed by atoms with Crippen molar-refractivity contribution in [3.05, 3.63) is 11.6 Å². The molecule has 0 aromatic heterocycles. The summed E-state index contributed by atoms with van der Waals surface area (Å²) in [7, 11) is 0. The Morgan fingerprint density at radius 2 is 2.23 bits per heavy atom. The molecule has 3 heteroatoms. The van der Waals surface area contributed by atoms with E-state index in [2.05, 4.69) is 31.8 Å². The van der Waals surface area contributed by atoms with E-state index in [1.165, 1.54) is 0 Å². The monoisotopic (exact) mass is 200 g/mol. The van der Waals surface area contributed by atoms with Crippen LogP contribution in [0.1, 0.15) is 26.7 Å². The van der Waals surface area contributed by atoms with Crippen molar-refractivity contribution >= 4 is 11.6 Å². The van der Waals surface area contributed by atoms with Gasteiger partial charge in [0.2, 0.25) is 0 Å². The van der Waals surface area contributed by atoms with E-state index in [1.54, 1.807) is 0 Å². The molecule has 0 saturated carbocycles. The van der Waals surface area contributed by atoms with Crippen LogP contribution in [0.15, 0.2) is 11.6 Å². The summed E-state index contributed by atoms with van der Waals surface area (Å²) >= 11 is 5.60. The van der Waals surface area contributed by atoms with Crippen LogP contribution in [0.25, 0.3) is 0 Å². The summed E-state index contributed by atoms with van der Waals surface area (Å²) in [6.45, 7) is 9.35. The predicted molar refractivity (Wildman–Crippen MR) is 56.5 cm³/mol. The van der Waals surface area contributed by atoms with E-state index in [9.17, 15) is 0 Å². The van der Waals surface area contributed by atoms with Crippen molar-refractivity contribution in [2.45, 2.75) is 26.7 Å². The van der Waals surface area contributed by atoms with Crippen LogP contribution in [0.5, 0.6) is 0 Å². The molecular weight excluding hydrogens is 184 g/mol. The van der Waals surface area contributed by atoms with Gasteiger partial charge in [0.15, 0.2) is 0 Å². The zero-order chi connectivity index (χ0) is 10.3. The zero-order valence-electron chi connectivity index (χ0n) is 8.36. The number of hydrogen-bond donors (Lipinski definition) is 1. The Morgan fingerprint density at radius 1 is 1.62 bits per heavy atom. The van der Waals surface area contributed by atoms with Crippen LogP contribution in [0.3, 0.4) is 0 Å². The van der Waals surface area contributed by atoms with Crippen molar-refractivity contribution < 1.29 is 0 Å². The molecule has 0 atom stereocenters. The van der Waals surface area contributed by atoms with Crippen molar-refractivity contribution in [1.82, 2.24) is 5.32 Å². The third-order valence-electron chi connectivity index (χ3n) is 1.83. The molecule has 0 spiro atoms. The first-order chi connectivity index (χ1) is 5.98. The van der Waals surface area contributed by atoms with Crippen LogP contribution < -0.4 is 5.32 Å². The quantitative estimate of drug-likeness (QED) is 0.716. The van der Waals surface area contributed by atoms with Gasteiger partial charge in [-0.1, -0.05) is 32.0 Å². The number of halogens is 1. The Kier molecular flexibility index (Phi) is 5.77. The molecule has 74 valence electrons.